The molecule has 3 rings (SSSR count). The van der Waals surface area contributed by atoms with E-state index in [9.17, 15) is 14.9 Å². The van der Waals surface area contributed by atoms with E-state index in [0.717, 1.165) is 37.2 Å². The number of carbonyl (C=O) groups excluding carboxylic acids is 1. The molecule has 1 saturated heterocycles. The smallest absolute Gasteiger partial charge is 0.270 e. The van der Waals surface area contributed by atoms with Crippen LogP contribution in [0.3, 0.4) is 0 Å². The van der Waals surface area contributed by atoms with Gasteiger partial charge in [0.15, 0.2) is 0 Å². The number of nitro benzene ring substituents is 1. The maximum atomic E-state index is 12.9. The highest BCUT2D eigenvalue weighted by Gasteiger charge is 2.23. The molecule has 2 aromatic rings. The van der Waals surface area contributed by atoms with Crippen molar-refractivity contribution < 1.29 is 9.72 Å². The molecule has 1 heterocycles. The number of piperidine rings is 1. The van der Waals surface area contributed by atoms with Gasteiger partial charge >= 0.3 is 0 Å². The van der Waals surface area contributed by atoms with E-state index < -0.39 is 4.92 Å². The third-order valence-electron chi connectivity index (χ3n) is 4.78. The van der Waals surface area contributed by atoms with Gasteiger partial charge in [-0.3, -0.25) is 14.9 Å². The molecule has 0 aliphatic carbocycles. The highest BCUT2D eigenvalue weighted by Crippen LogP contribution is 2.28. The summed E-state index contributed by atoms with van der Waals surface area (Å²) in [6, 6.07) is 14.0. The minimum atomic E-state index is -0.461. The quantitative estimate of drug-likeness (QED) is 0.649. The lowest BCUT2D eigenvalue weighted by Crippen LogP contribution is -2.33. The maximum absolute atomic E-state index is 12.9. The van der Waals surface area contributed by atoms with Crippen LogP contribution in [-0.2, 0) is 0 Å². The number of nitro groups is 1. The van der Waals surface area contributed by atoms with Gasteiger partial charge in [0.1, 0.15) is 0 Å². The zero-order valence-corrected chi connectivity index (χ0v) is 14.9. The Hall–Kier alpha value is -2.89. The van der Waals surface area contributed by atoms with Gasteiger partial charge in [0, 0.05) is 25.2 Å². The molecule has 0 saturated carbocycles. The molecule has 6 heteroatoms. The number of amides is 1. The molecular weight excluding hydrogens is 330 g/mol. The van der Waals surface area contributed by atoms with E-state index in [4.69, 9.17) is 0 Å². The summed E-state index contributed by atoms with van der Waals surface area (Å²) in [5, 5.41) is 14.1. The monoisotopic (exact) mass is 353 g/mol. The largest absolute Gasteiger partial charge is 0.371 e. The lowest BCUT2D eigenvalue weighted by Gasteiger charge is -2.30. The Morgan fingerprint density at radius 2 is 1.81 bits per heavy atom. The molecule has 6 nitrogen and oxygen atoms in total. The van der Waals surface area contributed by atoms with Crippen molar-refractivity contribution in [1.29, 1.82) is 0 Å². The summed E-state index contributed by atoms with van der Waals surface area (Å²) < 4.78 is 0. The molecule has 1 aliphatic rings. The summed E-state index contributed by atoms with van der Waals surface area (Å²) in [6.07, 6.45) is 3.31. The summed E-state index contributed by atoms with van der Waals surface area (Å²) in [6.45, 7) is 3.64. The molecule has 1 aliphatic heterocycles. The molecule has 0 spiro atoms. The summed E-state index contributed by atoms with van der Waals surface area (Å²) in [4.78, 5) is 25.8. The van der Waals surface area contributed by atoms with Crippen molar-refractivity contribution in [2.75, 3.05) is 18.0 Å². The van der Waals surface area contributed by atoms with Crippen LogP contribution in [0.4, 0.5) is 11.4 Å². The first kappa shape index (κ1) is 17.9. The molecule has 2 aromatic carbocycles. The third kappa shape index (κ3) is 4.02. The van der Waals surface area contributed by atoms with Crippen molar-refractivity contribution in [3.63, 3.8) is 0 Å². The van der Waals surface area contributed by atoms with Gasteiger partial charge in [-0.15, -0.1) is 0 Å². The second-order valence-electron chi connectivity index (χ2n) is 6.61. The lowest BCUT2D eigenvalue weighted by atomic mass is 10.0. The second kappa shape index (κ2) is 7.99. The van der Waals surface area contributed by atoms with Crippen LogP contribution < -0.4 is 10.2 Å². The van der Waals surface area contributed by atoms with Crippen molar-refractivity contribution in [1.82, 2.24) is 5.32 Å². The van der Waals surface area contributed by atoms with E-state index in [-0.39, 0.29) is 17.6 Å². The molecule has 1 N–H and O–H groups in total. The summed E-state index contributed by atoms with van der Waals surface area (Å²) in [5.74, 6) is -0.286. The van der Waals surface area contributed by atoms with E-state index >= 15 is 0 Å². The predicted molar refractivity (Wildman–Crippen MR) is 101 cm³/mol. The molecule has 1 amide bonds. The number of carbonyl (C=O) groups is 1. The second-order valence-corrected chi connectivity index (χ2v) is 6.61. The molecule has 136 valence electrons. The molecule has 1 fully saturated rings. The fourth-order valence-electron chi connectivity index (χ4n) is 3.33. The van der Waals surface area contributed by atoms with Crippen molar-refractivity contribution in [2.45, 2.75) is 32.2 Å². The number of anilines is 1. The number of benzene rings is 2. The van der Waals surface area contributed by atoms with Gasteiger partial charge in [-0.05, 0) is 37.8 Å². The van der Waals surface area contributed by atoms with Gasteiger partial charge in [0.2, 0.25) is 0 Å². The van der Waals surface area contributed by atoms with Crippen LogP contribution in [0.2, 0.25) is 0 Å². The Morgan fingerprint density at radius 3 is 2.46 bits per heavy atom. The van der Waals surface area contributed by atoms with Gasteiger partial charge in [0.25, 0.3) is 11.6 Å². The van der Waals surface area contributed by atoms with E-state index in [2.05, 4.69) is 10.2 Å². The Labute approximate surface area is 153 Å². The van der Waals surface area contributed by atoms with Gasteiger partial charge in [-0.25, -0.2) is 0 Å². The minimum Gasteiger partial charge on any atom is -0.371 e. The van der Waals surface area contributed by atoms with Crippen molar-refractivity contribution in [2.24, 2.45) is 0 Å². The average molecular weight is 353 g/mol. The lowest BCUT2D eigenvalue weighted by molar-refractivity contribution is -0.384. The van der Waals surface area contributed by atoms with E-state index in [1.165, 1.54) is 18.6 Å². The van der Waals surface area contributed by atoms with E-state index in [1.807, 2.05) is 37.3 Å². The van der Waals surface area contributed by atoms with Gasteiger partial charge in [-0.2, -0.15) is 0 Å². The normalized spacial score (nSPS) is 15.3. The fourth-order valence-corrected chi connectivity index (χ4v) is 3.33. The summed E-state index contributed by atoms with van der Waals surface area (Å²) in [7, 11) is 0. The van der Waals surface area contributed by atoms with Crippen molar-refractivity contribution >= 4 is 17.3 Å². The first-order chi connectivity index (χ1) is 12.6. The molecule has 1 unspecified atom stereocenters. The van der Waals surface area contributed by atoms with E-state index in [1.54, 1.807) is 6.07 Å². The van der Waals surface area contributed by atoms with Crippen LogP contribution in [-0.4, -0.2) is 23.9 Å². The maximum Gasteiger partial charge on any atom is 0.270 e. The predicted octanol–water partition coefficient (Wildman–Crippen LogP) is 4.08. The zero-order valence-electron chi connectivity index (χ0n) is 14.9. The number of nitrogens with one attached hydrogen (secondary N) is 1. The van der Waals surface area contributed by atoms with Gasteiger partial charge in [-0.1, -0.05) is 30.3 Å². The molecule has 0 aromatic heterocycles. The number of nitrogens with zero attached hydrogens (tertiary/aromatic N) is 2. The zero-order chi connectivity index (χ0) is 18.5. The highest BCUT2D eigenvalue weighted by atomic mass is 16.6. The van der Waals surface area contributed by atoms with Crippen LogP contribution in [0, 0.1) is 10.1 Å². The standard InChI is InChI=1S/C20H23N3O3/c1-15(16-8-4-2-5-9-16)21-20(24)18-14-17(23(25)26)10-11-19(18)22-12-6-3-7-13-22/h2,4-5,8-11,14-15H,3,6-7,12-13H2,1H3,(H,21,24). The number of hydrogen-bond acceptors (Lipinski definition) is 4. The third-order valence-corrected chi connectivity index (χ3v) is 4.78. The fraction of sp³-hybridized carbons (Fsp3) is 0.350. The van der Waals surface area contributed by atoms with Crippen LogP contribution >= 0.6 is 0 Å². The first-order valence-electron chi connectivity index (χ1n) is 8.95. The Morgan fingerprint density at radius 1 is 1.12 bits per heavy atom. The topological polar surface area (TPSA) is 75.5 Å². The number of non-ortho nitro benzene ring substituents is 1. The van der Waals surface area contributed by atoms with Gasteiger partial charge in [0.05, 0.1) is 22.2 Å². The molecule has 26 heavy (non-hydrogen) atoms. The van der Waals surface area contributed by atoms with Crippen molar-refractivity contribution in [3.05, 3.63) is 69.8 Å². The Kier molecular flexibility index (Phi) is 5.51. The minimum absolute atomic E-state index is 0.0664. The SMILES string of the molecule is CC(NC(=O)c1cc([N+](=O)[O-])ccc1N1CCCCC1)c1ccccc1. The number of rotatable bonds is 5. The van der Waals surface area contributed by atoms with Crippen molar-refractivity contribution in [3.8, 4) is 0 Å². The first-order valence-corrected chi connectivity index (χ1v) is 8.95. The molecule has 1 atom stereocenters. The average Bonchev–Trinajstić information content (AvgIpc) is 2.68. The molecule has 0 radical (unpaired) electrons. The summed E-state index contributed by atoms with van der Waals surface area (Å²) in [5.41, 5.74) is 2.06. The van der Waals surface area contributed by atoms with E-state index in [0.29, 0.717) is 5.56 Å². The van der Waals surface area contributed by atoms with Crippen LogP contribution in [0.25, 0.3) is 0 Å². The Balaban J connectivity index is 1.88. The molecular formula is C20H23N3O3. The van der Waals surface area contributed by atoms with Crippen LogP contribution in [0.1, 0.15) is 48.1 Å². The van der Waals surface area contributed by atoms with Crippen LogP contribution in [0.5, 0.6) is 0 Å². The van der Waals surface area contributed by atoms with Gasteiger partial charge < -0.3 is 10.2 Å². The van der Waals surface area contributed by atoms with Crippen LogP contribution in [0.15, 0.2) is 48.5 Å². The Bertz CT molecular complexity index is 786. The molecule has 0 bridgehead atoms. The summed E-state index contributed by atoms with van der Waals surface area (Å²) >= 11 is 0. The highest BCUT2D eigenvalue weighted by molar-refractivity contribution is 6.00. The number of hydrogen-bond donors (Lipinski definition) is 1.